The summed E-state index contributed by atoms with van der Waals surface area (Å²) in [4.78, 5) is 23.4. The van der Waals surface area contributed by atoms with Crippen LogP contribution < -0.4 is 4.74 Å². The summed E-state index contributed by atoms with van der Waals surface area (Å²) in [5.74, 6) is 1.32. The van der Waals surface area contributed by atoms with Crippen LogP contribution in [0.4, 0.5) is 5.82 Å². The normalized spacial score (nSPS) is 18.2. The lowest BCUT2D eigenvalue weighted by Crippen LogP contribution is -2.23. The van der Waals surface area contributed by atoms with Crippen molar-refractivity contribution in [2.45, 2.75) is 6.92 Å². The zero-order valence-corrected chi connectivity index (χ0v) is 14.5. The van der Waals surface area contributed by atoms with Gasteiger partial charge in [-0.25, -0.2) is 9.98 Å². The maximum absolute atomic E-state index is 12.6. The lowest BCUT2D eigenvalue weighted by Gasteiger charge is -2.07. The summed E-state index contributed by atoms with van der Waals surface area (Å²) in [5.41, 5.74) is 1.91. The minimum atomic E-state index is -0.0528. The summed E-state index contributed by atoms with van der Waals surface area (Å²) < 4.78 is 5.17. The molecule has 1 fully saturated rings. The highest BCUT2D eigenvalue weighted by molar-refractivity contribution is 8.18. The van der Waals surface area contributed by atoms with Gasteiger partial charge < -0.3 is 4.74 Å². The molecular formula is C18H17N3O2S. The number of allylic oxidation sites excluding steroid dienone is 1. The Balaban J connectivity index is 1.93. The lowest BCUT2D eigenvalue weighted by atomic mass is 10.1. The summed E-state index contributed by atoms with van der Waals surface area (Å²) in [7, 11) is 3.36. The van der Waals surface area contributed by atoms with Crippen LogP contribution in [0.3, 0.4) is 0 Å². The first kappa shape index (κ1) is 16.3. The Hall–Kier alpha value is -2.60. The van der Waals surface area contributed by atoms with Crippen LogP contribution in [0.5, 0.6) is 5.75 Å². The van der Waals surface area contributed by atoms with Gasteiger partial charge >= 0.3 is 0 Å². The Morgan fingerprint density at radius 1 is 1.21 bits per heavy atom. The monoisotopic (exact) mass is 339 g/mol. The van der Waals surface area contributed by atoms with Crippen LogP contribution in [0.2, 0.25) is 0 Å². The SMILES string of the molecule is COc1ccc(/C(C)=C2\S/C(=N/c3ccccn3)N(C)C2=O)cc1. The van der Waals surface area contributed by atoms with E-state index in [4.69, 9.17) is 4.74 Å². The van der Waals surface area contributed by atoms with Gasteiger partial charge in [0.15, 0.2) is 11.0 Å². The number of rotatable bonds is 3. The smallest absolute Gasteiger partial charge is 0.266 e. The van der Waals surface area contributed by atoms with E-state index in [1.165, 1.54) is 11.8 Å². The fourth-order valence-corrected chi connectivity index (χ4v) is 3.30. The molecule has 0 unspecified atom stereocenters. The second-order valence-electron chi connectivity index (χ2n) is 5.23. The minimum Gasteiger partial charge on any atom is -0.497 e. The highest BCUT2D eigenvalue weighted by Gasteiger charge is 2.32. The van der Waals surface area contributed by atoms with E-state index in [2.05, 4.69) is 9.98 Å². The summed E-state index contributed by atoms with van der Waals surface area (Å²) in [6, 6.07) is 13.2. The summed E-state index contributed by atoms with van der Waals surface area (Å²) in [6.45, 7) is 1.94. The third kappa shape index (κ3) is 3.19. The largest absolute Gasteiger partial charge is 0.497 e. The molecule has 122 valence electrons. The lowest BCUT2D eigenvalue weighted by molar-refractivity contribution is -0.121. The molecule has 0 radical (unpaired) electrons. The number of hydrogen-bond donors (Lipinski definition) is 0. The van der Waals surface area contributed by atoms with E-state index >= 15 is 0 Å². The summed E-state index contributed by atoms with van der Waals surface area (Å²) in [6.07, 6.45) is 1.68. The number of ether oxygens (including phenoxy) is 1. The van der Waals surface area contributed by atoms with Gasteiger partial charge in [0.05, 0.1) is 12.0 Å². The summed E-state index contributed by atoms with van der Waals surface area (Å²) >= 11 is 1.37. The maximum atomic E-state index is 12.6. The zero-order chi connectivity index (χ0) is 17.1. The van der Waals surface area contributed by atoms with Crippen LogP contribution in [0.15, 0.2) is 58.6 Å². The van der Waals surface area contributed by atoms with Gasteiger partial charge in [0.25, 0.3) is 5.91 Å². The number of aromatic nitrogens is 1. The van der Waals surface area contributed by atoms with E-state index in [0.29, 0.717) is 15.9 Å². The van der Waals surface area contributed by atoms with Gasteiger partial charge in [-0.1, -0.05) is 18.2 Å². The number of amidine groups is 1. The van der Waals surface area contributed by atoms with Crippen molar-refractivity contribution in [3.63, 3.8) is 0 Å². The molecule has 0 bridgehead atoms. The number of hydrogen-bond acceptors (Lipinski definition) is 5. The molecule has 1 aromatic heterocycles. The molecule has 0 spiro atoms. The Bertz CT molecular complexity index is 814. The second-order valence-corrected chi connectivity index (χ2v) is 6.21. The summed E-state index contributed by atoms with van der Waals surface area (Å²) in [5, 5.41) is 0.626. The molecule has 1 amide bonds. The number of benzene rings is 1. The molecule has 0 saturated carbocycles. The number of pyridine rings is 1. The number of amides is 1. The van der Waals surface area contributed by atoms with Crippen molar-refractivity contribution in [2.24, 2.45) is 4.99 Å². The van der Waals surface area contributed by atoms with Crippen LogP contribution in [-0.4, -0.2) is 35.1 Å². The number of carbonyl (C=O) groups is 1. The van der Waals surface area contributed by atoms with Gasteiger partial charge in [-0.05, 0) is 54.1 Å². The van der Waals surface area contributed by atoms with E-state index in [1.807, 2.05) is 49.4 Å². The van der Waals surface area contributed by atoms with E-state index in [0.717, 1.165) is 16.9 Å². The van der Waals surface area contributed by atoms with E-state index in [9.17, 15) is 4.79 Å². The van der Waals surface area contributed by atoms with Gasteiger partial charge in [-0.3, -0.25) is 9.69 Å². The number of aliphatic imine (C=N–C) groups is 1. The van der Waals surface area contributed by atoms with Crippen LogP contribution in [0, 0.1) is 0 Å². The van der Waals surface area contributed by atoms with Crippen molar-refractivity contribution in [3.05, 3.63) is 59.1 Å². The molecule has 24 heavy (non-hydrogen) atoms. The molecule has 6 heteroatoms. The molecule has 1 aliphatic heterocycles. The second kappa shape index (κ2) is 6.88. The average Bonchev–Trinajstić information content (AvgIpc) is 2.90. The van der Waals surface area contributed by atoms with Gasteiger partial charge in [0, 0.05) is 13.2 Å². The van der Waals surface area contributed by atoms with Crippen LogP contribution in [-0.2, 0) is 4.79 Å². The van der Waals surface area contributed by atoms with Crippen molar-refractivity contribution in [1.82, 2.24) is 9.88 Å². The highest BCUT2D eigenvalue weighted by atomic mass is 32.2. The first-order chi connectivity index (χ1) is 11.6. The van der Waals surface area contributed by atoms with Crippen LogP contribution in [0.25, 0.3) is 5.57 Å². The zero-order valence-electron chi connectivity index (χ0n) is 13.7. The van der Waals surface area contributed by atoms with Crippen molar-refractivity contribution in [1.29, 1.82) is 0 Å². The van der Waals surface area contributed by atoms with Gasteiger partial charge in [-0.2, -0.15) is 0 Å². The van der Waals surface area contributed by atoms with E-state index in [-0.39, 0.29) is 5.91 Å². The van der Waals surface area contributed by atoms with Crippen molar-refractivity contribution in [3.8, 4) is 5.75 Å². The Morgan fingerprint density at radius 2 is 1.96 bits per heavy atom. The van der Waals surface area contributed by atoms with Crippen LogP contribution >= 0.6 is 11.8 Å². The van der Waals surface area contributed by atoms with Crippen molar-refractivity contribution >= 4 is 34.2 Å². The predicted octanol–water partition coefficient (Wildman–Crippen LogP) is 3.71. The first-order valence-electron chi connectivity index (χ1n) is 7.41. The molecule has 2 aromatic rings. The molecule has 2 heterocycles. The molecular weight excluding hydrogens is 322 g/mol. The molecule has 1 aliphatic rings. The van der Waals surface area contributed by atoms with Gasteiger partial charge in [0.2, 0.25) is 0 Å². The van der Waals surface area contributed by atoms with Gasteiger partial charge in [0.1, 0.15) is 5.75 Å². The first-order valence-corrected chi connectivity index (χ1v) is 8.22. The highest BCUT2D eigenvalue weighted by Crippen LogP contribution is 2.36. The molecule has 1 saturated heterocycles. The number of thioether (sulfide) groups is 1. The maximum Gasteiger partial charge on any atom is 0.266 e. The molecule has 5 nitrogen and oxygen atoms in total. The standard InChI is InChI=1S/C18H17N3O2S/c1-12(13-7-9-14(23-3)10-8-13)16-17(22)21(2)18(24-16)20-15-6-4-5-11-19-15/h4-11H,1-3H3/b16-12-,20-18+. The molecule has 1 aromatic carbocycles. The van der Waals surface area contributed by atoms with Gasteiger partial charge in [-0.15, -0.1) is 0 Å². The molecule has 0 N–H and O–H groups in total. The fraction of sp³-hybridized carbons (Fsp3) is 0.167. The number of methoxy groups -OCH3 is 1. The Labute approximate surface area is 145 Å². The quantitative estimate of drug-likeness (QED) is 0.800. The number of nitrogens with zero attached hydrogens (tertiary/aromatic N) is 3. The van der Waals surface area contributed by atoms with Crippen LogP contribution in [0.1, 0.15) is 12.5 Å². The Kier molecular flexibility index (Phi) is 4.66. The molecule has 0 aliphatic carbocycles. The topological polar surface area (TPSA) is 54.8 Å². The third-order valence-corrected chi connectivity index (χ3v) is 4.93. The van der Waals surface area contributed by atoms with Crippen molar-refractivity contribution in [2.75, 3.05) is 14.2 Å². The molecule has 0 atom stereocenters. The van der Waals surface area contributed by atoms with E-state index in [1.54, 1.807) is 25.3 Å². The fourth-order valence-electron chi connectivity index (χ4n) is 2.27. The van der Waals surface area contributed by atoms with Crippen molar-refractivity contribution < 1.29 is 9.53 Å². The number of carbonyl (C=O) groups excluding carboxylic acids is 1. The molecule has 3 rings (SSSR count). The predicted molar refractivity (Wildman–Crippen MR) is 97.3 cm³/mol. The Morgan fingerprint density at radius 3 is 2.58 bits per heavy atom. The van der Waals surface area contributed by atoms with E-state index < -0.39 is 0 Å². The average molecular weight is 339 g/mol. The minimum absolute atomic E-state index is 0.0528. The third-order valence-electron chi connectivity index (χ3n) is 3.70. The number of likely N-dealkylation sites (N-methyl/N-ethyl adjacent to an activating group) is 1.